The Hall–Kier alpha value is -1.81. The number of amides is 1. The minimum atomic E-state index is -0.295. The van der Waals surface area contributed by atoms with Gasteiger partial charge in [-0.3, -0.25) is 4.79 Å². The van der Waals surface area contributed by atoms with Crippen molar-refractivity contribution in [3.63, 3.8) is 0 Å². The topological polar surface area (TPSA) is 59.5 Å². The van der Waals surface area contributed by atoms with E-state index in [2.05, 4.69) is 0 Å². The van der Waals surface area contributed by atoms with E-state index < -0.39 is 0 Å². The highest BCUT2D eigenvalue weighted by Crippen LogP contribution is 2.27. The molecule has 4 heteroatoms. The van der Waals surface area contributed by atoms with Gasteiger partial charge in [0.1, 0.15) is 5.58 Å². The molecule has 100 valence electrons. The molecule has 1 unspecified atom stereocenters. The molecule has 2 heterocycles. The maximum Gasteiger partial charge on any atom is 0.224 e. The van der Waals surface area contributed by atoms with Crippen molar-refractivity contribution in [1.29, 1.82) is 0 Å². The van der Waals surface area contributed by atoms with E-state index in [-0.39, 0.29) is 11.9 Å². The molecule has 4 nitrogen and oxygen atoms in total. The number of hydrogen-bond acceptors (Lipinski definition) is 3. The van der Waals surface area contributed by atoms with Crippen LogP contribution in [-0.2, 0) is 4.79 Å². The summed E-state index contributed by atoms with van der Waals surface area (Å²) in [5.74, 6) is 0.148. The van der Waals surface area contributed by atoms with Crippen molar-refractivity contribution < 1.29 is 9.21 Å². The Balaban J connectivity index is 1.76. The van der Waals surface area contributed by atoms with E-state index in [1.165, 1.54) is 0 Å². The molecule has 3 rings (SSSR count). The lowest BCUT2D eigenvalue weighted by atomic mass is 10.0. The first-order chi connectivity index (χ1) is 9.25. The van der Waals surface area contributed by atoms with Crippen LogP contribution < -0.4 is 5.73 Å². The molecule has 1 saturated heterocycles. The van der Waals surface area contributed by atoms with E-state index in [0.29, 0.717) is 6.42 Å². The lowest BCUT2D eigenvalue weighted by molar-refractivity contribution is -0.130. The standard InChI is InChI=1S/C15H18N2O2/c16-13(9-15(18)17-7-3-4-8-17)12-10-19-14-6-2-1-5-11(12)14/h1-2,5-6,10,13H,3-4,7-9,16H2. The summed E-state index contributed by atoms with van der Waals surface area (Å²) < 4.78 is 5.47. The number of carbonyl (C=O) groups is 1. The van der Waals surface area contributed by atoms with Crippen LogP contribution in [0.5, 0.6) is 0 Å². The summed E-state index contributed by atoms with van der Waals surface area (Å²) in [4.78, 5) is 14.0. The number of furan rings is 1. The molecule has 1 fully saturated rings. The van der Waals surface area contributed by atoms with Crippen LogP contribution in [-0.4, -0.2) is 23.9 Å². The van der Waals surface area contributed by atoms with Crippen molar-refractivity contribution in [3.8, 4) is 0 Å². The zero-order valence-electron chi connectivity index (χ0n) is 10.8. The van der Waals surface area contributed by atoms with Crippen LogP contribution in [0.15, 0.2) is 34.9 Å². The minimum absolute atomic E-state index is 0.148. The lowest BCUT2D eigenvalue weighted by Crippen LogP contribution is -2.30. The first-order valence-corrected chi connectivity index (χ1v) is 6.75. The number of fused-ring (bicyclic) bond motifs is 1. The summed E-state index contributed by atoms with van der Waals surface area (Å²) in [5.41, 5.74) is 7.91. The molecule has 1 atom stereocenters. The summed E-state index contributed by atoms with van der Waals surface area (Å²) in [6, 6.07) is 7.48. The summed E-state index contributed by atoms with van der Waals surface area (Å²) in [7, 11) is 0. The Kier molecular flexibility index (Phi) is 3.25. The predicted molar refractivity (Wildman–Crippen MR) is 73.6 cm³/mol. The average Bonchev–Trinajstić information content (AvgIpc) is 3.08. The molecule has 1 aliphatic rings. The molecule has 0 aliphatic carbocycles. The van der Waals surface area contributed by atoms with Crippen molar-refractivity contribution in [2.75, 3.05) is 13.1 Å². The van der Waals surface area contributed by atoms with Gasteiger partial charge >= 0.3 is 0 Å². The van der Waals surface area contributed by atoms with Crippen LogP contribution in [0.2, 0.25) is 0 Å². The summed E-state index contributed by atoms with van der Waals surface area (Å²) in [6.07, 6.45) is 4.24. The summed E-state index contributed by atoms with van der Waals surface area (Å²) in [6.45, 7) is 1.75. The van der Waals surface area contributed by atoms with Gasteiger partial charge in [0.2, 0.25) is 5.91 Å². The zero-order chi connectivity index (χ0) is 13.2. The molecule has 1 amide bonds. The first-order valence-electron chi connectivity index (χ1n) is 6.75. The molecular formula is C15H18N2O2. The van der Waals surface area contributed by atoms with E-state index >= 15 is 0 Å². The van der Waals surface area contributed by atoms with Gasteiger partial charge in [0.25, 0.3) is 0 Å². The molecule has 0 bridgehead atoms. The van der Waals surface area contributed by atoms with Gasteiger partial charge in [-0.1, -0.05) is 18.2 Å². The van der Waals surface area contributed by atoms with E-state index in [9.17, 15) is 4.79 Å². The van der Waals surface area contributed by atoms with Crippen LogP contribution in [0.4, 0.5) is 0 Å². The third-order valence-corrected chi connectivity index (χ3v) is 3.76. The van der Waals surface area contributed by atoms with E-state index in [1.807, 2.05) is 29.2 Å². The number of nitrogens with two attached hydrogens (primary N) is 1. The highest BCUT2D eigenvalue weighted by molar-refractivity contribution is 5.83. The maximum absolute atomic E-state index is 12.1. The fourth-order valence-corrected chi connectivity index (χ4v) is 2.68. The number of nitrogens with zero attached hydrogens (tertiary/aromatic N) is 1. The smallest absolute Gasteiger partial charge is 0.224 e. The Bertz CT molecular complexity index is 585. The van der Waals surface area contributed by atoms with Gasteiger partial charge in [0.15, 0.2) is 0 Å². The van der Waals surface area contributed by atoms with Gasteiger partial charge in [-0.2, -0.15) is 0 Å². The number of hydrogen-bond donors (Lipinski definition) is 1. The fourth-order valence-electron chi connectivity index (χ4n) is 2.68. The predicted octanol–water partition coefficient (Wildman–Crippen LogP) is 2.45. The number of carbonyl (C=O) groups excluding carboxylic acids is 1. The molecule has 0 spiro atoms. The largest absolute Gasteiger partial charge is 0.464 e. The van der Waals surface area contributed by atoms with Crippen molar-refractivity contribution in [3.05, 3.63) is 36.1 Å². The van der Waals surface area contributed by atoms with Crippen molar-refractivity contribution in [2.45, 2.75) is 25.3 Å². The average molecular weight is 258 g/mol. The van der Waals surface area contributed by atoms with Gasteiger partial charge in [-0.05, 0) is 18.9 Å². The van der Waals surface area contributed by atoms with Gasteiger partial charge < -0.3 is 15.1 Å². The molecule has 2 N–H and O–H groups in total. The second kappa shape index (κ2) is 5.05. The highest BCUT2D eigenvalue weighted by Gasteiger charge is 2.22. The van der Waals surface area contributed by atoms with Gasteiger partial charge in [-0.25, -0.2) is 0 Å². The van der Waals surface area contributed by atoms with Crippen LogP contribution in [0.25, 0.3) is 11.0 Å². The van der Waals surface area contributed by atoms with Crippen molar-refractivity contribution in [1.82, 2.24) is 4.90 Å². The number of benzene rings is 1. The van der Waals surface area contributed by atoms with E-state index in [0.717, 1.165) is 42.5 Å². The molecule has 19 heavy (non-hydrogen) atoms. The second-order valence-corrected chi connectivity index (χ2v) is 5.09. The monoisotopic (exact) mass is 258 g/mol. The Morgan fingerprint density at radius 1 is 1.32 bits per heavy atom. The molecule has 0 saturated carbocycles. The van der Waals surface area contributed by atoms with Crippen LogP contribution in [0, 0.1) is 0 Å². The normalized spacial score (nSPS) is 17.0. The summed E-state index contributed by atoms with van der Waals surface area (Å²) >= 11 is 0. The molecule has 0 radical (unpaired) electrons. The number of para-hydroxylation sites is 1. The molecule has 1 aromatic heterocycles. The Morgan fingerprint density at radius 3 is 2.84 bits per heavy atom. The molecule has 1 aromatic carbocycles. The highest BCUT2D eigenvalue weighted by atomic mass is 16.3. The maximum atomic E-state index is 12.1. The van der Waals surface area contributed by atoms with Crippen molar-refractivity contribution >= 4 is 16.9 Å². The SMILES string of the molecule is NC(CC(=O)N1CCCC1)c1coc2ccccc12. The fraction of sp³-hybridized carbons (Fsp3) is 0.400. The number of likely N-dealkylation sites (tertiary alicyclic amines) is 1. The Morgan fingerprint density at radius 2 is 2.05 bits per heavy atom. The number of rotatable bonds is 3. The zero-order valence-corrected chi connectivity index (χ0v) is 10.8. The molecule has 1 aliphatic heterocycles. The van der Waals surface area contributed by atoms with Crippen LogP contribution in [0.1, 0.15) is 30.9 Å². The van der Waals surface area contributed by atoms with Gasteiger partial charge in [0, 0.05) is 36.5 Å². The third kappa shape index (κ3) is 2.36. The summed E-state index contributed by atoms with van der Waals surface area (Å²) in [5, 5.41) is 1.00. The van der Waals surface area contributed by atoms with Crippen LogP contribution >= 0.6 is 0 Å². The third-order valence-electron chi connectivity index (χ3n) is 3.76. The Labute approximate surface area is 112 Å². The van der Waals surface area contributed by atoms with Crippen LogP contribution in [0.3, 0.4) is 0 Å². The lowest BCUT2D eigenvalue weighted by Gasteiger charge is -2.17. The van der Waals surface area contributed by atoms with Crippen molar-refractivity contribution in [2.24, 2.45) is 5.73 Å². The quantitative estimate of drug-likeness (QED) is 0.920. The van der Waals surface area contributed by atoms with E-state index in [1.54, 1.807) is 6.26 Å². The van der Waals surface area contributed by atoms with Gasteiger partial charge in [-0.15, -0.1) is 0 Å². The minimum Gasteiger partial charge on any atom is -0.464 e. The van der Waals surface area contributed by atoms with E-state index in [4.69, 9.17) is 10.2 Å². The first kappa shape index (κ1) is 12.2. The second-order valence-electron chi connectivity index (χ2n) is 5.09. The van der Waals surface area contributed by atoms with Gasteiger partial charge in [0.05, 0.1) is 6.26 Å². The molecule has 2 aromatic rings. The molecular weight excluding hydrogens is 240 g/mol.